The highest BCUT2D eigenvalue weighted by Crippen LogP contribution is 2.36. The number of nitrogens with two attached hydrogens (primary N) is 1. The topological polar surface area (TPSA) is 72.0 Å². The second-order valence-corrected chi connectivity index (χ2v) is 6.57. The highest BCUT2D eigenvalue weighted by atomic mass is 15.4. The van der Waals surface area contributed by atoms with E-state index in [-0.39, 0.29) is 18.1 Å². The van der Waals surface area contributed by atoms with Crippen LogP contribution in [0.15, 0.2) is 60.9 Å². The van der Waals surface area contributed by atoms with Crippen LogP contribution in [0.25, 0.3) is 0 Å². The lowest BCUT2D eigenvalue weighted by Crippen LogP contribution is -2.46. The second kappa shape index (κ2) is 6.22. The number of nitrogens with one attached hydrogen (secondary N) is 1. The van der Waals surface area contributed by atoms with E-state index in [2.05, 4.69) is 56.7 Å². The van der Waals surface area contributed by atoms with E-state index < -0.39 is 0 Å². The van der Waals surface area contributed by atoms with Crippen molar-refractivity contribution < 1.29 is 0 Å². The molecule has 0 spiro atoms. The fourth-order valence-corrected chi connectivity index (χ4v) is 3.44. The molecule has 0 fully saturated rings. The number of hydrogen-bond donors (Lipinski definition) is 2. The van der Waals surface area contributed by atoms with Crippen LogP contribution >= 0.6 is 0 Å². The first-order valence-corrected chi connectivity index (χ1v) is 8.39. The van der Waals surface area contributed by atoms with E-state index in [0.29, 0.717) is 0 Å². The average molecular weight is 334 g/mol. The molecule has 1 aliphatic rings. The molecule has 2 heterocycles. The lowest BCUT2D eigenvalue weighted by Gasteiger charge is -2.37. The summed E-state index contributed by atoms with van der Waals surface area (Å²) in [7, 11) is 4.07. The van der Waals surface area contributed by atoms with Crippen LogP contribution in [0.2, 0.25) is 0 Å². The Labute approximate surface area is 147 Å². The maximum absolute atomic E-state index is 6.70. The van der Waals surface area contributed by atoms with E-state index in [0.717, 1.165) is 22.8 Å². The lowest BCUT2D eigenvalue weighted by molar-refractivity contribution is 0.371. The molecule has 0 radical (unpaired) electrons. The van der Waals surface area contributed by atoms with Gasteiger partial charge in [-0.05, 0) is 23.3 Å². The Balaban J connectivity index is 1.73. The van der Waals surface area contributed by atoms with Crippen molar-refractivity contribution in [1.29, 1.82) is 0 Å². The fourth-order valence-electron chi connectivity index (χ4n) is 3.44. The van der Waals surface area contributed by atoms with Crippen molar-refractivity contribution in [3.8, 4) is 0 Å². The average Bonchev–Trinajstić information content (AvgIpc) is 3.10. The Kier molecular flexibility index (Phi) is 3.89. The molecule has 0 saturated heterocycles. The maximum Gasteiger partial charge on any atom is 0.222 e. The zero-order chi connectivity index (χ0) is 17.4. The zero-order valence-electron chi connectivity index (χ0n) is 14.4. The molecule has 128 valence electrons. The number of nitrogens with zero attached hydrogens (tertiary/aromatic N) is 4. The third-order valence-corrected chi connectivity index (χ3v) is 4.78. The maximum atomic E-state index is 6.70. The minimum absolute atomic E-state index is 0.0295. The monoisotopic (exact) mass is 334 g/mol. The van der Waals surface area contributed by atoms with E-state index in [1.54, 1.807) is 6.33 Å². The Morgan fingerprint density at radius 2 is 1.72 bits per heavy atom. The summed E-state index contributed by atoms with van der Waals surface area (Å²) in [4.78, 5) is 6.45. The van der Waals surface area contributed by atoms with E-state index in [4.69, 9.17) is 5.73 Å². The van der Waals surface area contributed by atoms with Gasteiger partial charge >= 0.3 is 0 Å². The van der Waals surface area contributed by atoms with Crippen LogP contribution in [0.1, 0.15) is 23.2 Å². The van der Waals surface area contributed by atoms with Crippen molar-refractivity contribution in [2.24, 2.45) is 5.73 Å². The molecule has 4 rings (SSSR count). The molecule has 0 bridgehead atoms. The van der Waals surface area contributed by atoms with Crippen LogP contribution in [0.5, 0.6) is 0 Å². The first-order valence-electron chi connectivity index (χ1n) is 8.39. The number of rotatable bonds is 3. The van der Waals surface area contributed by atoms with E-state index in [1.165, 1.54) is 0 Å². The molecule has 3 unspecified atom stereocenters. The third kappa shape index (κ3) is 2.74. The second-order valence-electron chi connectivity index (χ2n) is 6.57. The number of hydrogen-bond acceptors (Lipinski definition) is 5. The quantitative estimate of drug-likeness (QED) is 0.770. The largest absolute Gasteiger partial charge is 0.378 e. The first-order chi connectivity index (χ1) is 12.1. The molecule has 1 aliphatic heterocycles. The summed E-state index contributed by atoms with van der Waals surface area (Å²) in [5.41, 5.74) is 10.1. The van der Waals surface area contributed by atoms with Gasteiger partial charge in [-0.15, -0.1) is 0 Å². The van der Waals surface area contributed by atoms with Crippen LogP contribution in [0.3, 0.4) is 0 Å². The molecule has 6 nitrogen and oxygen atoms in total. The highest BCUT2D eigenvalue weighted by molar-refractivity contribution is 5.49. The summed E-state index contributed by atoms with van der Waals surface area (Å²) in [6.45, 7) is 0. The standard InChI is InChI=1S/C19H22N6/c1-24(2)15-10-8-13(9-11-15)17-16(20)18(14-6-4-3-5-7-14)25-19(23-17)21-12-22-25/h3-12,16-18H,20H2,1-2H3,(H,21,22,23). The Morgan fingerprint density at radius 1 is 1.00 bits per heavy atom. The van der Waals surface area contributed by atoms with Crippen LogP contribution in [-0.4, -0.2) is 34.9 Å². The predicted molar refractivity (Wildman–Crippen MR) is 99.7 cm³/mol. The van der Waals surface area contributed by atoms with Gasteiger partial charge in [0.2, 0.25) is 5.95 Å². The summed E-state index contributed by atoms with van der Waals surface area (Å²) < 4.78 is 1.88. The smallest absolute Gasteiger partial charge is 0.222 e. The zero-order valence-corrected chi connectivity index (χ0v) is 14.4. The SMILES string of the molecule is CN(C)c1ccc(C2Nc3ncnn3C(c3ccccc3)C2N)cc1. The summed E-state index contributed by atoms with van der Waals surface area (Å²) >= 11 is 0. The van der Waals surface area contributed by atoms with Crippen LogP contribution in [0.4, 0.5) is 11.6 Å². The van der Waals surface area contributed by atoms with E-state index >= 15 is 0 Å². The van der Waals surface area contributed by atoms with Gasteiger partial charge in [-0.25, -0.2) is 4.68 Å². The summed E-state index contributed by atoms with van der Waals surface area (Å²) in [5, 5.41) is 7.83. The Bertz CT molecular complexity index is 840. The molecule has 3 atom stereocenters. The van der Waals surface area contributed by atoms with Gasteiger partial charge in [-0.2, -0.15) is 10.1 Å². The van der Waals surface area contributed by atoms with Crippen molar-refractivity contribution in [2.75, 3.05) is 24.3 Å². The van der Waals surface area contributed by atoms with Crippen molar-refractivity contribution in [2.45, 2.75) is 18.1 Å². The first kappa shape index (κ1) is 15.7. The number of anilines is 2. The molecular weight excluding hydrogens is 312 g/mol. The van der Waals surface area contributed by atoms with Crippen LogP contribution in [-0.2, 0) is 0 Å². The molecule has 25 heavy (non-hydrogen) atoms. The molecule has 0 amide bonds. The summed E-state index contributed by atoms with van der Waals surface area (Å²) in [6, 6.07) is 18.5. The molecule has 3 aromatic rings. The molecular formula is C19H22N6. The minimum Gasteiger partial charge on any atom is -0.378 e. The van der Waals surface area contributed by atoms with Gasteiger partial charge in [0.15, 0.2) is 0 Å². The van der Waals surface area contributed by atoms with Crippen LogP contribution < -0.4 is 16.0 Å². The number of fused-ring (bicyclic) bond motifs is 1. The van der Waals surface area contributed by atoms with Gasteiger partial charge < -0.3 is 16.0 Å². The molecule has 6 heteroatoms. The normalized spacial score (nSPS) is 22.1. The molecule has 1 aromatic heterocycles. The Morgan fingerprint density at radius 3 is 2.40 bits per heavy atom. The van der Waals surface area contributed by atoms with Gasteiger partial charge in [0.25, 0.3) is 0 Å². The summed E-state index contributed by atoms with van der Waals surface area (Å²) in [6.07, 6.45) is 1.57. The molecule has 0 aliphatic carbocycles. The van der Waals surface area contributed by atoms with Gasteiger partial charge in [0, 0.05) is 19.8 Å². The minimum atomic E-state index is -0.165. The van der Waals surface area contributed by atoms with Crippen LogP contribution in [0, 0.1) is 0 Å². The Hall–Kier alpha value is -2.86. The van der Waals surface area contributed by atoms with E-state index in [1.807, 2.05) is 37.0 Å². The van der Waals surface area contributed by atoms with Crippen molar-refractivity contribution in [1.82, 2.24) is 14.8 Å². The number of benzene rings is 2. The van der Waals surface area contributed by atoms with Crippen molar-refractivity contribution in [3.63, 3.8) is 0 Å². The number of aromatic nitrogens is 3. The van der Waals surface area contributed by atoms with Gasteiger partial charge in [0.1, 0.15) is 6.33 Å². The van der Waals surface area contributed by atoms with Gasteiger partial charge in [-0.1, -0.05) is 42.5 Å². The lowest BCUT2D eigenvalue weighted by atomic mass is 9.89. The van der Waals surface area contributed by atoms with Crippen molar-refractivity contribution >= 4 is 11.6 Å². The predicted octanol–water partition coefficient (Wildman–Crippen LogP) is 2.43. The van der Waals surface area contributed by atoms with E-state index in [9.17, 15) is 0 Å². The van der Waals surface area contributed by atoms with Gasteiger partial charge in [-0.3, -0.25) is 0 Å². The highest BCUT2D eigenvalue weighted by Gasteiger charge is 2.37. The molecule has 3 N–H and O–H groups in total. The molecule has 2 aromatic carbocycles. The van der Waals surface area contributed by atoms with Gasteiger partial charge in [0.05, 0.1) is 18.1 Å². The summed E-state index contributed by atoms with van der Waals surface area (Å²) in [5.74, 6) is 0.747. The molecule has 0 saturated carbocycles. The third-order valence-electron chi connectivity index (χ3n) is 4.78. The van der Waals surface area contributed by atoms with Crippen molar-refractivity contribution in [3.05, 3.63) is 72.1 Å². The fraction of sp³-hybridized carbons (Fsp3) is 0.263.